The van der Waals surface area contributed by atoms with Crippen LogP contribution in [0.15, 0.2) is 35.7 Å². The monoisotopic (exact) mass is 275 g/mol. The quantitative estimate of drug-likeness (QED) is 0.931. The van der Waals surface area contributed by atoms with Crippen LogP contribution >= 0.6 is 11.3 Å². The fourth-order valence-electron chi connectivity index (χ4n) is 2.07. The fraction of sp³-hybridized carbons (Fsp3) is 0.357. The van der Waals surface area contributed by atoms with E-state index in [2.05, 4.69) is 20.6 Å². The molecule has 4 nitrogen and oxygen atoms in total. The van der Waals surface area contributed by atoms with Crippen molar-refractivity contribution < 1.29 is 4.74 Å². The summed E-state index contributed by atoms with van der Waals surface area (Å²) in [6.07, 6.45) is 0. The van der Waals surface area contributed by atoms with Gasteiger partial charge in [0.15, 0.2) is 5.13 Å². The minimum absolute atomic E-state index is 0.833. The molecule has 1 saturated heterocycles. The van der Waals surface area contributed by atoms with Crippen molar-refractivity contribution in [3.63, 3.8) is 0 Å². The lowest BCUT2D eigenvalue weighted by molar-refractivity contribution is 0.0337. The van der Waals surface area contributed by atoms with E-state index in [1.54, 1.807) is 11.3 Å². The second kappa shape index (κ2) is 6.14. The maximum atomic E-state index is 5.35. The SMILES string of the molecule is c1ccc(Nc2nc(CN3CCOCC3)cs2)cc1. The van der Waals surface area contributed by atoms with Gasteiger partial charge >= 0.3 is 0 Å². The average Bonchev–Trinajstić information content (AvgIpc) is 2.88. The molecular weight excluding hydrogens is 258 g/mol. The Labute approximate surface area is 117 Å². The van der Waals surface area contributed by atoms with Crippen molar-refractivity contribution in [1.82, 2.24) is 9.88 Å². The largest absolute Gasteiger partial charge is 0.379 e. The highest BCUT2D eigenvalue weighted by molar-refractivity contribution is 7.13. The maximum absolute atomic E-state index is 5.35. The number of para-hydroxylation sites is 1. The summed E-state index contributed by atoms with van der Waals surface area (Å²) in [5.74, 6) is 0. The Morgan fingerprint density at radius 3 is 2.79 bits per heavy atom. The molecule has 2 aromatic rings. The first kappa shape index (κ1) is 12.6. The molecule has 1 fully saturated rings. The fourth-order valence-corrected chi connectivity index (χ4v) is 2.79. The molecule has 0 atom stereocenters. The number of thiazole rings is 1. The summed E-state index contributed by atoms with van der Waals surface area (Å²) in [5.41, 5.74) is 2.21. The van der Waals surface area contributed by atoms with Crippen LogP contribution in [0, 0.1) is 0 Å². The van der Waals surface area contributed by atoms with Crippen LogP contribution in [0.5, 0.6) is 0 Å². The molecule has 3 rings (SSSR count). The van der Waals surface area contributed by atoms with Crippen LogP contribution in [0.25, 0.3) is 0 Å². The Bertz CT molecular complexity index is 508. The summed E-state index contributed by atoms with van der Waals surface area (Å²) in [6, 6.07) is 10.1. The number of hydrogen-bond acceptors (Lipinski definition) is 5. The Morgan fingerprint density at radius 1 is 1.21 bits per heavy atom. The van der Waals surface area contributed by atoms with Gasteiger partial charge < -0.3 is 10.1 Å². The molecule has 5 heteroatoms. The summed E-state index contributed by atoms with van der Waals surface area (Å²) in [5, 5.41) is 6.40. The summed E-state index contributed by atoms with van der Waals surface area (Å²) >= 11 is 1.65. The molecule has 1 aliphatic rings. The standard InChI is InChI=1S/C14H17N3OS/c1-2-4-12(5-3-1)15-14-16-13(11-19-14)10-17-6-8-18-9-7-17/h1-5,11H,6-10H2,(H,15,16). The van der Waals surface area contributed by atoms with E-state index in [-0.39, 0.29) is 0 Å². The first-order valence-corrected chi connectivity index (χ1v) is 7.35. The van der Waals surface area contributed by atoms with Gasteiger partial charge in [0.25, 0.3) is 0 Å². The molecule has 2 heterocycles. The van der Waals surface area contributed by atoms with Crippen LogP contribution in [0.3, 0.4) is 0 Å². The molecule has 0 unspecified atom stereocenters. The average molecular weight is 275 g/mol. The van der Waals surface area contributed by atoms with Crippen LogP contribution in [0.4, 0.5) is 10.8 Å². The van der Waals surface area contributed by atoms with Crippen molar-refractivity contribution in [3.05, 3.63) is 41.4 Å². The molecule has 0 radical (unpaired) electrons. The van der Waals surface area contributed by atoms with Crippen molar-refractivity contribution in [2.75, 3.05) is 31.6 Å². The molecule has 1 aromatic carbocycles. The van der Waals surface area contributed by atoms with Gasteiger partial charge in [-0.05, 0) is 12.1 Å². The Kier molecular flexibility index (Phi) is 4.07. The number of aromatic nitrogens is 1. The van der Waals surface area contributed by atoms with Gasteiger partial charge in [-0.25, -0.2) is 4.98 Å². The van der Waals surface area contributed by atoms with Crippen LogP contribution in [0.1, 0.15) is 5.69 Å². The Balaban J connectivity index is 1.59. The number of hydrogen-bond donors (Lipinski definition) is 1. The van der Waals surface area contributed by atoms with Crippen molar-refractivity contribution >= 4 is 22.2 Å². The molecule has 1 aromatic heterocycles. The Hall–Kier alpha value is -1.43. The second-order valence-electron chi connectivity index (χ2n) is 4.52. The normalized spacial score (nSPS) is 16.4. The topological polar surface area (TPSA) is 37.4 Å². The lowest BCUT2D eigenvalue weighted by atomic mass is 10.3. The highest BCUT2D eigenvalue weighted by atomic mass is 32.1. The van der Waals surface area contributed by atoms with E-state index in [9.17, 15) is 0 Å². The number of benzene rings is 1. The van der Waals surface area contributed by atoms with Gasteiger partial charge in [-0.15, -0.1) is 11.3 Å². The second-order valence-corrected chi connectivity index (χ2v) is 5.38. The molecule has 1 N–H and O–H groups in total. The van der Waals surface area contributed by atoms with Crippen LogP contribution in [0.2, 0.25) is 0 Å². The minimum atomic E-state index is 0.833. The zero-order chi connectivity index (χ0) is 12.9. The molecular formula is C14H17N3OS. The third-order valence-electron chi connectivity index (χ3n) is 3.07. The summed E-state index contributed by atoms with van der Waals surface area (Å²) in [4.78, 5) is 7.00. The van der Waals surface area contributed by atoms with Crippen LogP contribution in [-0.4, -0.2) is 36.2 Å². The molecule has 0 saturated carbocycles. The number of nitrogens with one attached hydrogen (secondary N) is 1. The smallest absolute Gasteiger partial charge is 0.187 e. The zero-order valence-electron chi connectivity index (χ0n) is 10.7. The van der Waals surface area contributed by atoms with Gasteiger partial charge in [0.2, 0.25) is 0 Å². The molecule has 0 spiro atoms. The maximum Gasteiger partial charge on any atom is 0.187 e. The van der Waals surface area contributed by atoms with Crippen molar-refractivity contribution in [2.24, 2.45) is 0 Å². The van der Waals surface area contributed by atoms with Gasteiger partial charge in [-0.1, -0.05) is 18.2 Å². The van der Waals surface area contributed by atoms with Gasteiger partial charge in [0.1, 0.15) is 0 Å². The van der Waals surface area contributed by atoms with Crippen LogP contribution < -0.4 is 5.32 Å². The highest BCUT2D eigenvalue weighted by Crippen LogP contribution is 2.21. The molecule has 0 bridgehead atoms. The molecule has 19 heavy (non-hydrogen) atoms. The van der Waals surface area contributed by atoms with Gasteiger partial charge in [0, 0.05) is 30.7 Å². The number of anilines is 2. The van der Waals surface area contributed by atoms with Crippen LogP contribution in [-0.2, 0) is 11.3 Å². The number of morpholine rings is 1. The third kappa shape index (κ3) is 3.53. The van der Waals surface area contributed by atoms with Gasteiger partial charge in [0.05, 0.1) is 18.9 Å². The number of rotatable bonds is 4. The molecule has 0 amide bonds. The van der Waals surface area contributed by atoms with Gasteiger partial charge in [-0.3, -0.25) is 4.90 Å². The lowest BCUT2D eigenvalue weighted by Gasteiger charge is -2.25. The van der Waals surface area contributed by atoms with Gasteiger partial charge in [-0.2, -0.15) is 0 Å². The Morgan fingerprint density at radius 2 is 2.00 bits per heavy atom. The molecule has 100 valence electrons. The number of ether oxygens (including phenoxy) is 1. The van der Waals surface area contributed by atoms with Crippen molar-refractivity contribution in [2.45, 2.75) is 6.54 Å². The highest BCUT2D eigenvalue weighted by Gasteiger charge is 2.12. The minimum Gasteiger partial charge on any atom is -0.379 e. The zero-order valence-corrected chi connectivity index (χ0v) is 11.5. The van der Waals surface area contributed by atoms with E-state index in [0.717, 1.165) is 49.4 Å². The molecule has 0 aliphatic carbocycles. The van der Waals surface area contributed by atoms with Crippen molar-refractivity contribution in [3.8, 4) is 0 Å². The summed E-state index contributed by atoms with van der Waals surface area (Å²) in [7, 11) is 0. The lowest BCUT2D eigenvalue weighted by Crippen LogP contribution is -2.35. The first-order valence-electron chi connectivity index (χ1n) is 6.47. The van der Waals surface area contributed by atoms with E-state index < -0.39 is 0 Å². The first-order chi connectivity index (χ1) is 9.40. The van der Waals surface area contributed by atoms with E-state index in [0.29, 0.717) is 0 Å². The summed E-state index contributed by atoms with van der Waals surface area (Å²) in [6.45, 7) is 4.58. The third-order valence-corrected chi connectivity index (χ3v) is 3.87. The number of nitrogens with zero attached hydrogens (tertiary/aromatic N) is 2. The van der Waals surface area contributed by atoms with E-state index in [1.807, 2.05) is 30.3 Å². The van der Waals surface area contributed by atoms with E-state index >= 15 is 0 Å². The predicted octanol–water partition coefficient (Wildman–Crippen LogP) is 2.72. The molecule has 1 aliphatic heterocycles. The summed E-state index contributed by atoms with van der Waals surface area (Å²) < 4.78 is 5.35. The predicted molar refractivity (Wildman–Crippen MR) is 77.9 cm³/mol. The van der Waals surface area contributed by atoms with Crippen molar-refractivity contribution in [1.29, 1.82) is 0 Å². The van der Waals surface area contributed by atoms with E-state index in [1.165, 1.54) is 0 Å². The van der Waals surface area contributed by atoms with E-state index in [4.69, 9.17) is 4.74 Å².